The Morgan fingerprint density at radius 1 is 1.28 bits per heavy atom. The van der Waals surface area contributed by atoms with Crippen molar-refractivity contribution in [2.24, 2.45) is 0 Å². The zero-order valence-electron chi connectivity index (χ0n) is 11.6. The molecule has 1 unspecified atom stereocenters. The summed E-state index contributed by atoms with van der Waals surface area (Å²) in [6.45, 7) is 8.45. The van der Waals surface area contributed by atoms with Crippen molar-refractivity contribution in [1.82, 2.24) is 10.2 Å². The molecule has 1 N–H and O–H groups in total. The summed E-state index contributed by atoms with van der Waals surface area (Å²) in [5.41, 5.74) is -0.220. The quantitative estimate of drug-likeness (QED) is 0.739. The van der Waals surface area contributed by atoms with Crippen molar-refractivity contribution in [3.05, 3.63) is 0 Å². The number of halogens is 1. The Bertz CT molecular complexity index is 296. The van der Waals surface area contributed by atoms with Gasteiger partial charge in [-0.05, 0) is 46.6 Å². The van der Waals surface area contributed by atoms with Crippen LogP contribution in [-0.4, -0.2) is 41.8 Å². The van der Waals surface area contributed by atoms with Gasteiger partial charge in [0.05, 0.1) is 0 Å². The molecule has 2 rings (SSSR count). The van der Waals surface area contributed by atoms with E-state index in [-0.39, 0.29) is 24.0 Å². The lowest BCUT2D eigenvalue weighted by Gasteiger charge is -2.34. The second kappa shape index (κ2) is 5.66. The van der Waals surface area contributed by atoms with Gasteiger partial charge >= 0.3 is 6.09 Å². The van der Waals surface area contributed by atoms with E-state index in [1.165, 1.54) is 19.3 Å². The maximum atomic E-state index is 12.0. The summed E-state index contributed by atoms with van der Waals surface area (Å²) in [5, 5.41) is 3.59. The van der Waals surface area contributed by atoms with E-state index in [0.717, 1.165) is 26.1 Å². The maximum Gasteiger partial charge on any atom is 0.410 e. The third kappa shape index (κ3) is 3.75. The Hall–Kier alpha value is -0.480. The summed E-state index contributed by atoms with van der Waals surface area (Å²) >= 11 is 0. The number of piperidine rings is 1. The van der Waals surface area contributed by atoms with Crippen molar-refractivity contribution in [2.75, 3.05) is 19.6 Å². The Morgan fingerprint density at radius 2 is 2.00 bits per heavy atom. The Balaban J connectivity index is 0.00000162. The minimum atomic E-state index is -0.396. The number of nitrogens with zero attached hydrogens (tertiary/aromatic N) is 1. The fourth-order valence-electron chi connectivity index (χ4n) is 2.73. The molecule has 2 aliphatic heterocycles. The Kier molecular flexibility index (Phi) is 4.90. The maximum absolute atomic E-state index is 12.0. The van der Waals surface area contributed by atoms with Gasteiger partial charge in [-0.3, -0.25) is 0 Å². The molecule has 4 nitrogen and oxygen atoms in total. The second-order valence-electron chi connectivity index (χ2n) is 6.32. The highest BCUT2D eigenvalue weighted by molar-refractivity contribution is 5.85. The van der Waals surface area contributed by atoms with Crippen LogP contribution >= 0.6 is 12.4 Å². The first kappa shape index (κ1) is 15.6. The van der Waals surface area contributed by atoms with Crippen molar-refractivity contribution in [3.63, 3.8) is 0 Å². The van der Waals surface area contributed by atoms with E-state index in [9.17, 15) is 4.79 Å². The number of carbonyl (C=O) groups is 1. The van der Waals surface area contributed by atoms with E-state index < -0.39 is 5.60 Å². The molecule has 0 aliphatic carbocycles. The topological polar surface area (TPSA) is 41.6 Å². The molecule has 0 saturated carbocycles. The van der Waals surface area contributed by atoms with Gasteiger partial charge in [-0.1, -0.05) is 6.42 Å². The molecule has 1 atom stereocenters. The molecule has 0 bridgehead atoms. The van der Waals surface area contributed by atoms with Crippen molar-refractivity contribution in [3.8, 4) is 0 Å². The zero-order valence-corrected chi connectivity index (χ0v) is 12.4. The zero-order chi connectivity index (χ0) is 12.5. The molecule has 2 heterocycles. The molecule has 1 amide bonds. The van der Waals surface area contributed by atoms with Gasteiger partial charge in [0.25, 0.3) is 0 Å². The predicted octanol–water partition coefficient (Wildman–Crippen LogP) is 2.56. The van der Waals surface area contributed by atoms with E-state index in [4.69, 9.17) is 4.74 Å². The lowest BCUT2D eigenvalue weighted by atomic mass is 9.88. The van der Waals surface area contributed by atoms with Crippen LogP contribution in [0.1, 0.15) is 46.5 Å². The van der Waals surface area contributed by atoms with Gasteiger partial charge in [0.2, 0.25) is 0 Å². The number of carbonyl (C=O) groups excluding carboxylic acids is 1. The molecular formula is C13H25ClN2O2. The summed E-state index contributed by atoms with van der Waals surface area (Å²) in [7, 11) is 0. The van der Waals surface area contributed by atoms with Crippen LogP contribution in [0.2, 0.25) is 0 Å². The predicted molar refractivity (Wildman–Crippen MR) is 74.3 cm³/mol. The van der Waals surface area contributed by atoms with E-state index in [2.05, 4.69) is 5.32 Å². The molecule has 0 aromatic rings. The van der Waals surface area contributed by atoms with Crippen molar-refractivity contribution < 1.29 is 9.53 Å². The largest absolute Gasteiger partial charge is 0.444 e. The van der Waals surface area contributed by atoms with Gasteiger partial charge in [0, 0.05) is 18.6 Å². The SMILES string of the molecule is CC(C)(C)OC(=O)N1CCC2(CCCCN2)C1.Cl. The molecular weight excluding hydrogens is 252 g/mol. The standard InChI is InChI=1S/C13H24N2O2.ClH/c1-12(2,3)17-11(16)15-9-7-13(10-15)6-4-5-8-14-13;/h14H,4-10H2,1-3H3;1H. The normalized spacial score (nSPS) is 28.1. The molecule has 2 saturated heterocycles. The van der Waals surface area contributed by atoms with Crippen LogP contribution in [0.5, 0.6) is 0 Å². The van der Waals surface area contributed by atoms with Gasteiger partial charge in [0.15, 0.2) is 0 Å². The molecule has 2 aliphatic rings. The Labute approximate surface area is 116 Å². The summed E-state index contributed by atoms with van der Waals surface area (Å²) in [5.74, 6) is 0. The third-order valence-electron chi connectivity index (χ3n) is 3.59. The smallest absolute Gasteiger partial charge is 0.410 e. The molecule has 1 spiro atoms. The summed E-state index contributed by atoms with van der Waals surface area (Å²) in [6.07, 6.45) is 4.61. The number of rotatable bonds is 0. The molecule has 106 valence electrons. The number of hydrogen-bond acceptors (Lipinski definition) is 3. The highest BCUT2D eigenvalue weighted by Crippen LogP contribution is 2.30. The van der Waals surface area contributed by atoms with E-state index >= 15 is 0 Å². The summed E-state index contributed by atoms with van der Waals surface area (Å²) in [4.78, 5) is 13.8. The van der Waals surface area contributed by atoms with Gasteiger partial charge in [-0.15, -0.1) is 12.4 Å². The number of ether oxygens (including phenoxy) is 1. The van der Waals surface area contributed by atoms with Crippen molar-refractivity contribution in [2.45, 2.75) is 57.6 Å². The van der Waals surface area contributed by atoms with Gasteiger partial charge in [0.1, 0.15) is 5.60 Å². The summed E-state index contributed by atoms with van der Waals surface area (Å²) in [6, 6.07) is 0. The lowest BCUT2D eigenvalue weighted by molar-refractivity contribution is 0.0276. The lowest BCUT2D eigenvalue weighted by Crippen LogP contribution is -2.51. The second-order valence-corrected chi connectivity index (χ2v) is 6.32. The third-order valence-corrected chi connectivity index (χ3v) is 3.59. The molecule has 18 heavy (non-hydrogen) atoms. The van der Waals surface area contributed by atoms with Crippen LogP contribution in [0, 0.1) is 0 Å². The molecule has 0 radical (unpaired) electrons. The fourth-order valence-corrected chi connectivity index (χ4v) is 2.73. The van der Waals surface area contributed by atoms with Crippen LogP contribution in [-0.2, 0) is 4.74 Å². The van der Waals surface area contributed by atoms with E-state index in [1.54, 1.807) is 0 Å². The minimum absolute atomic E-state index is 0. The monoisotopic (exact) mass is 276 g/mol. The van der Waals surface area contributed by atoms with Crippen LogP contribution in [0.4, 0.5) is 4.79 Å². The van der Waals surface area contributed by atoms with Gasteiger partial charge < -0.3 is 15.0 Å². The van der Waals surface area contributed by atoms with Crippen molar-refractivity contribution >= 4 is 18.5 Å². The van der Waals surface area contributed by atoms with Crippen LogP contribution in [0.15, 0.2) is 0 Å². The van der Waals surface area contributed by atoms with Crippen LogP contribution in [0.25, 0.3) is 0 Å². The minimum Gasteiger partial charge on any atom is -0.444 e. The number of hydrogen-bond donors (Lipinski definition) is 1. The van der Waals surface area contributed by atoms with Gasteiger partial charge in [-0.2, -0.15) is 0 Å². The van der Waals surface area contributed by atoms with E-state index in [1.807, 2.05) is 25.7 Å². The molecule has 0 aromatic carbocycles. The number of nitrogens with one attached hydrogen (secondary N) is 1. The fraction of sp³-hybridized carbons (Fsp3) is 0.923. The van der Waals surface area contributed by atoms with Crippen molar-refractivity contribution in [1.29, 1.82) is 0 Å². The molecule has 5 heteroatoms. The van der Waals surface area contributed by atoms with E-state index in [0.29, 0.717) is 0 Å². The first-order valence-electron chi connectivity index (χ1n) is 6.63. The number of amides is 1. The van der Waals surface area contributed by atoms with Crippen LogP contribution in [0.3, 0.4) is 0 Å². The highest BCUT2D eigenvalue weighted by Gasteiger charge is 2.41. The number of likely N-dealkylation sites (tertiary alicyclic amines) is 1. The molecule has 0 aromatic heterocycles. The average molecular weight is 277 g/mol. The Morgan fingerprint density at radius 3 is 2.56 bits per heavy atom. The summed E-state index contributed by atoms with van der Waals surface area (Å²) < 4.78 is 5.41. The highest BCUT2D eigenvalue weighted by atomic mass is 35.5. The average Bonchev–Trinajstić information content (AvgIpc) is 2.61. The molecule has 2 fully saturated rings. The van der Waals surface area contributed by atoms with Gasteiger partial charge in [-0.25, -0.2) is 4.79 Å². The first-order valence-corrected chi connectivity index (χ1v) is 6.63. The van der Waals surface area contributed by atoms with Crippen LogP contribution < -0.4 is 5.32 Å². The first-order chi connectivity index (χ1) is 7.90.